The maximum Gasteiger partial charge on any atom is 0.376 e. The van der Waals surface area contributed by atoms with Gasteiger partial charge in [0.25, 0.3) is 5.78 Å². The summed E-state index contributed by atoms with van der Waals surface area (Å²) in [5, 5.41) is 0. The molecule has 0 radical (unpaired) electrons. The maximum atomic E-state index is 11.5. The van der Waals surface area contributed by atoms with Crippen molar-refractivity contribution in [2.45, 2.75) is 45.3 Å². The second-order valence-corrected chi connectivity index (χ2v) is 4.98. The minimum Gasteiger partial charge on any atom is -0.460 e. The van der Waals surface area contributed by atoms with E-state index in [1.54, 1.807) is 20.8 Å². The van der Waals surface area contributed by atoms with Crippen LogP contribution >= 0.6 is 0 Å². The normalized spacial score (nSPS) is 12.4. The molecule has 19 heavy (non-hydrogen) atoms. The van der Waals surface area contributed by atoms with Crippen molar-refractivity contribution in [3.63, 3.8) is 0 Å². The average molecular weight is 271 g/mol. The molecule has 0 aliphatic rings. The Morgan fingerprint density at radius 2 is 1.89 bits per heavy atom. The molecule has 0 spiro atoms. The standard InChI is InChI=1S/C13H21NO5/c1-5-8-18-12(17)11(16)9(14)6-7-10(15)19-13(2,3)4/h5,9H,1,6-8,14H2,2-4H3. The van der Waals surface area contributed by atoms with Gasteiger partial charge in [0.2, 0.25) is 0 Å². The molecule has 0 fully saturated rings. The van der Waals surface area contributed by atoms with Gasteiger partial charge in [-0.3, -0.25) is 9.59 Å². The molecule has 2 N–H and O–H groups in total. The highest BCUT2D eigenvalue weighted by Crippen LogP contribution is 2.10. The summed E-state index contributed by atoms with van der Waals surface area (Å²) in [6, 6.07) is -1.06. The van der Waals surface area contributed by atoms with Crippen LogP contribution in [-0.2, 0) is 23.9 Å². The Morgan fingerprint density at radius 1 is 1.32 bits per heavy atom. The van der Waals surface area contributed by atoms with Crippen LogP contribution in [-0.4, -0.2) is 36.0 Å². The first-order valence-electron chi connectivity index (χ1n) is 5.96. The zero-order chi connectivity index (χ0) is 15.1. The highest BCUT2D eigenvalue weighted by atomic mass is 16.6. The van der Waals surface area contributed by atoms with Gasteiger partial charge in [-0.1, -0.05) is 12.7 Å². The molecule has 0 aliphatic heterocycles. The first-order valence-corrected chi connectivity index (χ1v) is 5.96. The summed E-state index contributed by atoms with van der Waals surface area (Å²) in [5.74, 6) is -2.34. The zero-order valence-electron chi connectivity index (χ0n) is 11.6. The molecule has 0 aromatic carbocycles. The van der Waals surface area contributed by atoms with Crippen LogP contribution < -0.4 is 5.73 Å². The number of Topliss-reactive ketones (excluding diaryl/α,β-unsaturated/α-hetero) is 1. The van der Waals surface area contributed by atoms with Crippen LogP contribution in [0.4, 0.5) is 0 Å². The third kappa shape index (κ3) is 8.10. The molecule has 1 atom stereocenters. The lowest BCUT2D eigenvalue weighted by Crippen LogP contribution is -2.38. The number of ether oxygens (including phenoxy) is 2. The Labute approximate surface area is 112 Å². The van der Waals surface area contributed by atoms with E-state index in [0.29, 0.717) is 0 Å². The molecule has 0 saturated carbocycles. The summed E-state index contributed by atoms with van der Waals surface area (Å²) in [6.45, 7) is 8.51. The topological polar surface area (TPSA) is 95.7 Å². The van der Waals surface area contributed by atoms with Crippen LogP contribution in [0.2, 0.25) is 0 Å². The SMILES string of the molecule is C=CCOC(=O)C(=O)C(N)CCC(=O)OC(C)(C)C. The van der Waals surface area contributed by atoms with Gasteiger partial charge in [-0.2, -0.15) is 0 Å². The minimum atomic E-state index is -1.06. The highest BCUT2D eigenvalue weighted by Gasteiger charge is 2.25. The number of rotatable bonds is 7. The molecule has 6 heteroatoms. The van der Waals surface area contributed by atoms with Crippen LogP contribution in [0.25, 0.3) is 0 Å². The summed E-state index contributed by atoms with van der Waals surface area (Å²) in [5.41, 5.74) is 4.93. The van der Waals surface area contributed by atoms with Gasteiger partial charge in [0.05, 0.1) is 6.04 Å². The largest absolute Gasteiger partial charge is 0.460 e. The van der Waals surface area contributed by atoms with Gasteiger partial charge >= 0.3 is 11.9 Å². The molecule has 0 aliphatic carbocycles. The Morgan fingerprint density at radius 3 is 2.37 bits per heavy atom. The minimum absolute atomic E-state index is 0.0289. The van der Waals surface area contributed by atoms with E-state index in [4.69, 9.17) is 10.5 Å². The number of hydrogen-bond donors (Lipinski definition) is 1. The van der Waals surface area contributed by atoms with Gasteiger partial charge in [-0.25, -0.2) is 4.79 Å². The van der Waals surface area contributed by atoms with E-state index in [9.17, 15) is 14.4 Å². The lowest BCUT2D eigenvalue weighted by molar-refractivity contribution is -0.156. The number of carbonyl (C=O) groups is 3. The summed E-state index contributed by atoms with van der Waals surface area (Å²) in [7, 11) is 0. The number of hydrogen-bond acceptors (Lipinski definition) is 6. The molecule has 0 amide bonds. The molecule has 0 aromatic heterocycles. The summed E-state index contributed by atoms with van der Waals surface area (Å²) in [6.07, 6.45) is 1.35. The van der Waals surface area contributed by atoms with E-state index in [1.165, 1.54) is 6.08 Å². The Bertz CT molecular complexity index is 357. The fourth-order valence-corrected chi connectivity index (χ4v) is 1.15. The van der Waals surface area contributed by atoms with Crippen LogP contribution in [0.3, 0.4) is 0 Å². The predicted molar refractivity (Wildman–Crippen MR) is 69.2 cm³/mol. The molecule has 108 valence electrons. The maximum absolute atomic E-state index is 11.5. The lowest BCUT2D eigenvalue weighted by Gasteiger charge is -2.19. The van der Waals surface area contributed by atoms with E-state index < -0.39 is 29.4 Å². The molecule has 0 bridgehead atoms. The molecule has 0 aromatic rings. The van der Waals surface area contributed by atoms with Crippen molar-refractivity contribution in [3.05, 3.63) is 12.7 Å². The molecular weight excluding hydrogens is 250 g/mol. The molecule has 1 unspecified atom stereocenters. The van der Waals surface area contributed by atoms with Crippen LogP contribution in [0.15, 0.2) is 12.7 Å². The summed E-state index contributed by atoms with van der Waals surface area (Å²) < 4.78 is 9.62. The van der Waals surface area contributed by atoms with Crippen molar-refractivity contribution in [2.24, 2.45) is 5.73 Å². The third-order valence-electron chi connectivity index (χ3n) is 1.95. The van der Waals surface area contributed by atoms with Gasteiger partial charge in [-0.05, 0) is 27.2 Å². The van der Waals surface area contributed by atoms with E-state index >= 15 is 0 Å². The molecule has 6 nitrogen and oxygen atoms in total. The van der Waals surface area contributed by atoms with E-state index in [-0.39, 0.29) is 19.4 Å². The fourth-order valence-electron chi connectivity index (χ4n) is 1.15. The second-order valence-electron chi connectivity index (χ2n) is 4.98. The van der Waals surface area contributed by atoms with Crippen LogP contribution in [0, 0.1) is 0 Å². The van der Waals surface area contributed by atoms with Crippen molar-refractivity contribution in [1.82, 2.24) is 0 Å². The quantitative estimate of drug-likeness (QED) is 0.416. The fraction of sp³-hybridized carbons (Fsp3) is 0.615. The van der Waals surface area contributed by atoms with Crippen molar-refractivity contribution in [3.8, 4) is 0 Å². The smallest absolute Gasteiger partial charge is 0.376 e. The number of ketones is 1. The van der Waals surface area contributed by atoms with Gasteiger partial charge in [0, 0.05) is 6.42 Å². The summed E-state index contributed by atoms with van der Waals surface area (Å²) in [4.78, 5) is 34.1. The Kier molecular flexibility index (Phi) is 7.00. The average Bonchev–Trinajstić information content (AvgIpc) is 2.29. The van der Waals surface area contributed by atoms with Gasteiger partial charge in [0.15, 0.2) is 0 Å². The van der Waals surface area contributed by atoms with Crippen molar-refractivity contribution in [1.29, 1.82) is 0 Å². The van der Waals surface area contributed by atoms with E-state index in [2.05, 4.69) is 11.3 Å². The van der Waals surface area contributed by atoms with Crippen molar-refractivity contribution < 1.29 is 23.9 Å². The molecule has 0 heterocycles. The second kappa shape index (κ2) is 7.68. The monoisotopic (exact) mass is 271 g/mol. The molecule has 0 saturated heterocycles. The van der Waals surface area contributed by atoms with E-state index in [1.807, 2.05) is 0 Å². The number of nitrogens with two attached hydrogens (primary N) is 1. The Balaban J connectivity index is 4.13. The Hall–Kier alpha value is -1.69. The van der Waals surface area contributed by atoms with Crippen molar-refractivity contribution in [2.75, 3.05) is 6.61 Å². The van der Waals surface area contributed by atoms with Gasteiger partial charge in [-0.15, -0.1) is 0 Å². The third-order valence-corrected chi connectivity index (χ3v) is 1.95. The van der Waals surface area contributed by atoms with Crippen molar-refractivity contribution >= 4 is 17.7 Å². The zero-order valence-corrected chi connectivity index (χ0v) is 11.6. The highest BCUT2D eigenvalue weighted by molar-refractivity contribution is 6.35. The van der Waals surface area contributed by atoms with E-state index in [0.717, 1.165) is 0 Å². The number of carbonyl (C=O) groups excluding carboxylic acids is 3. The van der Waals surface area contributed by atoms with Crippen LogP contribution in [0.5, 0.6) is 0 Å². The lowest BCUT2D eigenvalue weighted by atomic mass is 10.1. The van der Waals surface area contributed by atoms with Gasteiger partial charge < -0.3 is 15.2 Å². The molecular formula is C13H21NO5. The first kappa shape index (κ1) is 17.3. The molecule has 0 rings (SSSR count). The number of esters is 2. The van der Waals surface area contributed by atoms with Crippen LogP contribution in [0.1, 0.15) is 33.6 Å². The first-order chi connectivity index (χ1) is 8.67. The summed E-state index contributed by atoms with van der Waals surface area (Å²) >= 11 is 0. The predicted octanol–water partition coefficient (Wildman–Crippen LogP) is 0.734. The van der Waals surface area contributed by atoms with Gasteiger partial charge in [0.1, 0.15) is 12.2 Å².